The van der Waals surface area contributed by atoms with Crippen LogP contribution in [0.15, 0.2) is 24.3 Å². The van der Waals surface area contributed by atoms with Crippen molar-refractivity contribution < 1.29 is 9.59 Å². The van der Waals surface area contributed by atoms with E-state index in [0.29, 0.717) is 17.8 Å². The Kier molecular flexibility index (Phi) is 5.51. The minimum atomic E-state index is -0.148. The Morgan fingerprint density at radius 3 is 2.75 bits per heavy atom. The fraction of sp³-hybridized carbons (Fsp3) is 0.579. The number of benzene rings is 1. The summed E-state index contributed by atoms with van der Waals surface area (Å²) in [6.45, 7) is 2.51. The number of piperidine rings is 1. The molecule has 2 atom stereocenters. The lowest BCUT2D eigenvalue weighted by atomic mass is 9.75. The monoisotopic (exact) mass is 329 g/mol. The van der Waals surface area contributed by atoms with Gasteiger partial charge in [0.1, 0.15) is 0 Å². The summed E-state index contributed by atoms with van der Waals surface area (Å²) in [6, 6.07) is 7.05. The standard InChI is InChI=1S/C19H27N3O2/c1-20-19(24)15-7-4-8-17(11-15)21-18(23)13-22-10-9-14-5-2-3-6-16(14)12-22/h4,7-8,11,14,16H,2-3,5-6,9-10,12-13H2,1H3,(H,20,24)(H,21,23)/t14-,16+/m0/s1. The maximum atomic E-state index is 12.3. The average Bonchev–Trinajstić information content (AvgIpc) is 2.61. The molecule has 1 heterocycles. The van der Waals surface area contributed by atoms with E-state index in [9.17, 15) is 9.59 Å². The number of carbonyl (C=O) groups is 2. The molecule has 1 aromatic rings. The van der Waals surface area contributed by atoms with E-state index in [1.807, 2.05) is 6.07 Å². The van der Waals surface area contributed by atoms with Gasteiger partial charge in [-0.05, 0) is 49.4 Å². The number of carbonyl (C=O) groups excluding carboxylic acids is 2. The molecule has 2 amide bonds. The van der Waals surface area contributed by atoms with Crippen molar-refractivity contribution in [1.82, 2.24) is 10.2 Å². The van der Waals surface area contributed by atoms with E-state index < -0.39 is 0 Å². The van der Waals surface area contributed by atoms with Gasteiger partial charge in [-0.25, -0.2) is 0 Å². The lowest BCUT2D eigenvalue weighted by Gasteiger charge is -2.41. The molecule has 0 spiro atoms. The van der Waals surface area contributed by atoms with Crippen LogP contribution < -0.4 is 10.6 Å². The Morgan fingerprint density at radius 2 is 1.96 bits per heavy atom. The van der Waals surface area contributed by atoms with Crippen molar-refractivity contribution in [2.75, 3.05) is 32.0 Å². The van der Waals surface area contributed by atoms with Gasteiger partial charge < -0.3 is 10.6 Å². The SMILES string of the molecule is CNC(=O)c1cccc(NC(=O)CN2CC[C@@H]3CCCC[C@@H]3C2)c1. The van der Waals surface area contributed by atoms with Gasteiger partial charge in [0.15, 0.2) is 0 Å². The molecule has 1 aliphatic carbocycles. The predicted octanol–water partition coefficient (Wildman–Crippen LogP) is 2.50. The molecule has 1 aromatic carbocycles. The zero-order chi connectivity index (χ0) is 16.9. The van der Waals surface area contributed by atoms with Gasteiger partial charge in [0.2, 0.25) is 5.91 Å². The van der Waals surface area contributed by atoms with Gasteiger partial charge in [0.05, 0.1) is 6.54 Å². The molecule has 0 bridgehead atoms. The first kappa shape index (κ1) is 17.0. The molecule has 1 saturated heterocycles. The number of nitrogens with one attached hydrogen (secondary N) is 2. The van der Waals surface area contributed by atoms with Gasteiger partial charge in [-0.3, -0.25) is 14.5 Å². The highest BCUT2D eigenvalue weighted by atomic mass is 16.2. The van der Waals surface area contributed by atoms with Crippen LogP contribution in [-0.2, 0) is 4.79 Å². The van der Waals surface area contributed by atoms with Crippen molar-refractivity contribution in [2.45, 2.75) is 32.1 Å². The molecule has 1 aliphatic heterocycles. The van der Waals surface area contributed by atoms with Crippen LogP contribution in [0, 0.1) is 11.8 Å². The van der Waals surface area contributed by atoms with Crippen molar-refractivity contribution in [3.63, 3.8) is 0 Å². The predicted molar refractivity (Wildman–Crippen MR) is 95.0 cm³/mol. The summed E-state index contributed by atoms with van der Waals surface area (Å²) in [6.07, 6.45) is 6.63. The summed E-state index contributed by atoms with van der Waals surface area (Å²) >= 11 is 0. The molecule has 5 heteroatoms. The molecule has 2 fully saturated rings. The summed E-state index contributed by atoms with van der Waals surface area (Å²) in [4.78, 5) is 26.3. The van der Waals surface area contributed by atoms with Gasteiger partial charge in [0, 0.05) is 24.8 Å². The highest BCUT2D eigenvalue weighted by molar-refractivity contribution is 5.97. The Bertz CT molecular complexity index is 602. The molecule has 2 N–H and O–H groups in total. The number of rotatable bonds is 4. The van der Waals surface area contributed by atoms with Crippen LogP contribution in [0.25, 0.3) is 0 Å². The summed E-state index contributed by atoms with van der Waals surface area (Å²) in [5, 5.41) is 5.51. The smallest absolute Gasteiger partial charge is 0.251 e. The molecule has 24 heavy (non-hydrogen) atoms. The highest BCUT2D eigenvalue weighted by Crippen LogP contribution is 2.35. The maximum Gasteiger partial charge on any atom is 0.251 e. The first-order chi connectivity index (χ1) is 11.7. The van der Waals surface area contributed by atoms with Gasteiger partial charge in [-0.1, -0.05) is 25.3 Å². The fourth-order valence-corrected chi connectivity index (χ4v) is 4.11. The second-order valence-corrected chi connectivity index (χ2v) is 7.04. The van der Waals surface area contributed by atoms with Gasteiger partial charge in [-0.15, -0.1) is 0 Å². The molecule has 5 nitrogen and oxygen atoms in total. The normalized spacial score (nSPS) is 24.0. The van der Waals surface area contributed by atoms with Gasteiger partial charge >= 0.3 is 0 Å². The topological polar surface area (TPSA) is 61.4 Å². The van der Waals surface area contributed by atoms with Crippen LogP contribution in [0.1, 0.15) is 42.5 Å². The second-order valence-electron chi connectivity index (χ2n) is 7.04. The lowest BCUT2D eigenvalue weighted by molar-refractivity contribution is -0.118. The number of nitrogens with zero attached hydrogens (tertiary/aromatic N) is 1. The molecule has 130 valence electrons. The first-order valence-corrected chi connectivity index (χ1v) is 9.00. The van der Waals surface area contributed by atoms with Crippen LogP contribution in [-0.4, -0.2) is 43.4 Å². The number of fused-ring (bicyclic) bond motifs is 1. The van der Waals surface area contributed by atoms with E-state index in [1.165, 1.54) is 32.1 Å². The zero-order valence-corrected chi connectivity index (χ0v) is 14.4. The van der Waals surface area contributed by atoms with E-state index >= 15 is 0 Å². The minimum Gasteiger partial charge on any atom is -0.355 e. The van der Waals surface area contributed by atoms with Crippen molar-refractivity contribution in [1.29, 1.82) is 0 Å². The molecule has 0 radical (unpaired) electrons. The van der Waals surface area contributed by atoms with Crippen molar-refractivity contribution >= 4 is 17.5 Å². The summed E-state index contributed by atoms with van der Waals surface area (Å²) < 4.78 is 0. The Hall–Kier alpha value is -1.88. The minimum absolute atomic E-state index is 0.00156. The van der Waals surface area contributed by atoms with E-state index in [-0.39, 0.29) is 11.8 Å². The molecule has 2 aliphatic rings. The number of hydrogen-bond donors (Lipinski definition) is 2. The second kappa shape index (κ2) is 7.79. The van der Waals surface area contributed by atoms with Crippen molar-refractivity contribution in [3.05, 3.63) is 29.8 Å². The number of amides is 2. The zero-order valence-electron chi connectivity index (χ0n) is 14.4. The molecular weight excluding hydrogens is 302 g/mol. The summed E-state index contributed by atoms with van der Waals surface area (Å²) in [5.74, 6) is 1.50. The Morgan fingerprint density at radius 1 is 1.17 bits per heavy atom. The summed E-state index contributed by atoms with van der Waals surface area (Å²) in [5.41, 5.74) is 1.23. The van der Waals surface area contributed by atoms with Gasteiger partial charge in [-0.2, -0.15) is 0 Å². The summed E-state index contributed by atoms with van der Waals surface area (Å²) in [7, 11) is 1.60. The van der Waals surface area contributed by atoms with Crippen LogP contribution in [0.5, 0.6) is 0 Å². The largest absolute Gasteiger partial charge is 0.355 e. The third-order valence-electron chi connectivity index (χ3n) is 5.38. The van der Waals surface area contributed by atoms with Crippen LogP contribution >= 0.6 is 0 Å². The van der Waals surface area contributed by atoms with E-state index in [2.05, 4.69) is 15.5 Å². The average molecular weight is 329 g/mol. The van der Waals surface area contributed by atoms with Gasteiger partial charge in [0.25, 0.3) is 5.91 Å². The van der Waals surface area contributed by atoms with Crippen LogP contribution in [0.4, 0.5) is 5.69 Å². The third kappa shape index (κ3) is 4.15. The van der Waals surface area contributed by atoms with E-state index in [0.717, 1.165) is 24.9 Å². The van der Waals surface area contributed by atoms with Crippen molar-refractivity contribution in [3.8, 4) is 0 Å². The third-order valence-corrected chi connectivity index (χ3v) is 5.38. The number of hydrogen-bond acceptors (Lipinski definition) is 3. The van der Waals surface area contributed by atoms with Crippen LogP contribution in [0.2, 0.25) is 0 Å². The lowest BCUT2D eigenvalue weighted by Crippen LogP contribution is -2.44. The Balaban J connectivity index is 1.53. The maximum absolute atomic E-state index is 12.3. The quantitative estimate of drug-likeness (QED) is 0.892. The fourth-order valence-electron chi connectivity index (χ4n) is 4.11. The molecular formula is C19H27N3O2. The first-order valence-electron chi connectivity index (χ1n) is 9.00. The number of anilines is 1. The molecule has 1 saturated carbocycles. The van der Waals surface area contributed by atoms with E-state index in [1.54, 1.807) is 25.2 Å². The van der Waals surface area contributed by atoms with E-state index in [4.69, 9.17) is 0 Å². The highest BCUT2D eigenvalue weighted by Gasteiger charge is 2.31. The number of likely N-dealkylation sites (tertiary alicyclic amines) is 1. The van der Waals surface area contributed by atoms with Crippen molar-refractivity contribution in [2.24, 2.45) is 11.8 Å². The molecule has 0 unspecified atom stereocenters. The van der Waals surface area contributed by atoms with Crippen LogP contribution in [0.3, 0.4) is 0 Å². The Labute approximate surface area is 143 Å². The molecule has 0 aromatic heterocycles. The molecule has 3 rings (SSSR count).